The molecule has 0 bridgehead atoms. The molecule has 0 aromatic heterocycles. The average molecular weight is 257 g/mol. The summed E-state index contributed by atoms with van der Waals surface area (Å²) >= 11 is 0. The molecule has 0 rings (SSSR count). The predicted molar refractivity (Wildman–Crippen MR) is 61.3 cm³/mol. The maximum atomic E-state index is 11.3. The first-order valence-electron chi connectivity index (χ1n) is 5.05. The van der Waals surface area contributed by atoms with Crippen molar-refractivity contribution < 1.29 is 24.3 Å². The Morgan fingerprint density at radius 1 is 1.17 bits per heavy atom. The summed E-state index contributed by atoms with van der Waals surface area (Å²) in [6.07, 6.45) is 1.26. The number of hydrogen-bond donors (Lipinski definition) is 4. The number of carbonyl (C=O) groups excluding carboxylic acids is 3. The molecule has 5 N–H and O–H groups in total. The van der Waals surface area contributed by atoms with Gasteiger partial charge in [0.25, 0.3) is 5.91 Å². The van der Waals surface area contributed by atoms with E-state index in [4.69, 9.17) is 10.8 Å². The number of hydrogen-bond acceptors (Lipinski definition) is 4. The van der Waals surface area contributed by atoms with E-state index in [2.05, 4.69) is 5.32 Å². The molecule has 0 aliphatic rings. The van der Waals surface area contributed by atoms with Crippen LogP contribution in [-0.2, 0) is 14.4 Å². The van der Waals surface area contributed by atoms with Gasteiger partial charge in [-0.3, -0.25) is 14.9 Å². The van der Waals surface area contributed by atoms with Crippen LogP contribution in [0.25, 0.3) is 0 Å². The molecule has 0 saturated carbocycles. The summed E-state index contributed by atoms with van der Waals surface area (Å²) < 4.78 is 0. The molecule has 8 nitrogen and oxygen atoms in total. The largest absolute Gasteiger partial charge is 0.478 e. The first-order chi connectivity index (χ1) is 8.23. The zero-order valence-electron chi connectivity index (χ0n) is 9.97. The maximum absolute atomic E-state index is 11.3. The molecule has 1 atom stereocenters. The third-order valence-corrected chi connectivity index (χ3v) is 1.87. The van der Waals surface area contributed by atoms with Crippen molar-refractivity contribution in [3.63, 3.8) is 0 Å². The van der Waals surface area contributed by atoms with E-state index in [1.165, 1.54) is 0 Å². The highest BCUT2D eigenvalue weighted by Gasteiger charge is 2.21. The Morgan fingerprint density at radius 3 is 2.11 bits per heavy atom. The lowest BCUT2D eigenvalue weighted by molar-refractivity contribution is -0.131. The standard InChI is InChI=1S/C10H15N3O5/c1-5(2)8(9(11)17)13-10(18)12-6(14)3-4-7(15)16/h3-5,8H,1-2H3,(H2,11,17)(H,15,16)(H2,12,13,14,18)/b4-3+. The summed E-state index contributed by atoms with van der Waals surface area (Å²) in [6, 6.07) is -1.84. The van der Waals surface area contributed by atoms with Crippen molar-refractivity contribution in [2.75, 3.05) is 0 Å². The molecule has 100 valence electrons. The molecule has 0 saturated heterocycles. The predicted octanol–water partition coefficient (Wildman–Crippen LogP) is -1.04. The third kappa shape index (κ3) is 6.26. The normalized spacial score (nSPS) is 12.2. The van der Waals surface area contributed by atoms with Crippen LogP contribution in [0.3, 0.4) is 0 Å². The fourth-order valence-corrected chi connectivity index (χ4v) is 1.04. The quantitative estimate of drug-likeness (QED) is 0.466. The van der Waals surface area contributed by atoms with Crippen LogP contribution in [0.4, 0.5) is 4.79 Å². The van der Waals surface area contributed by atoms with E-state index in [-0.39, 0.29) is 5.92 Å². The lowest BCUT2D eigenvalue weighted by Gasteiger charge is -2.18. The summed E-state index contributed by atoms with van der Waals surface area (Å²) in [5, 5.41) is 12.3. The molecule has 0 fully saturated rings. The molecule has 8 heteroatoms. The fourth-order valence-electron chi connectivity index (χ4n) is 1.04. The topological polar surface area (TPSA) is 139 Å². The third-order valence-electron chi connectivity index (χ3n) is 1.87. The summed E-state index contributed by atoms with van der Waals surface area (Å²) in [4.78, 5) is 43.4. The average Bonchev–Trinajstić information content (AvgIpc) is 2.22. The second kappa shape index (κ2) is 7.05. The lowest BCUT2D eigenvalue weighted by atomic mass is 10.0. The summed E-state index contributed by atoms with van der Waals surface area (Å²) in [6.45, 7) is 3.34. The highest BCUT2D eigenvalue weighted by atomic mass is 16.4. The number of nitrogens with one attached hydrogen (secondary N) is 2. The number of nitrogens with two attached hydrogens (primary N) is 1. The van der Waals surface area contributed by atoms with Crippen molar-refractivity contribution in [3.05, 3.63) is 12.2 Å². The monoisotopic (exact) mass is 257 g/mol. The number of primary amides is 1. The molecule has 0 heterocycles. The molecule has 0 aliphatic heterocycles. The minimum Gasteiger partial charge on any atom is -0.478 e. The number of carbonyl (C=O) groups is 4. The SMILES string of the molecule is CC(C)C(NC(=O)NC(=O)/C=C/C(=O)O)C(N)=O. The van der Waals surface area contributed by atoms with Gasteiger partial charge in [-0.05, 0) is 5.92 Å². The molecule has 0 aliphatic carbocycles. The molecular formula is C10H15N3O5. The van der Waals surface area contributed by atoms with Gasteiger partial charge in [-0.1, -0.05) is 13.8 Å². The zero-order chi connectivity index (χ0) is 14.3. The Balaban J connectivity index is 4.38. The molecular weight excluding hydrogens is 242 g/mol. The summed E-state index contributed by atoms with van der Waals surface area (Å²) in [5.41, 5.74) is 5.06. The summed E-state index contributed by atoms with van der Waals surface area (Å²) in [5.74, 6) is -3.20. The van der Waals surface area contributed by atoms with Crippen molar-refractivity contribution >= 4 is 23.8 Å². The van der Waals surface area contributed by atoms with Crippen molar-refractivity contribution in [1.82, 2.24) is 10.6 Å². The van der Waals surface area contributed by atoms with E-state index >= 15 is 0 Å². The van der Waals surface area contributed by atoms with Gasteiger partial charge >= 0.3 is 12.0 Å². The Morgan fingerprint density at radius 2 is 1.72 bits per heavy atom. The van der Waals surface area contributed by atoms with Gasteiger partial charge in [0.2, 0.25) is 5.91 Å². The van der Waals surface area contributed by atoms with Crippen molar-refractivity contribution in [1.29, 1.82) is 0 Å². The van der Waals surface area contributed by atoms with Gasteiger partial charge in [0, 0.05) is 12.2 Å². The van der Waals surface area contributed by atoms with Crippen LogP contribution in [0, 0.1) is 5.92 Å². The first-order valence-corrected chi connectivity index (χ1v) is 5.05. The van der Waals surface area contributed by atoms with Gasteiger partial charge in [-0.2, -0.15) is 0 Å². The molecule has 0 spiro atoms. The molecule has 0 aromatic rings. The summed E-state index contributed by atoms with van der Waals surface area (Å²) in [7, 11) is 0. The number of urea groups is 1. The minimum absolute atomic E-state index is 0.238. The number of carboxylic acid groups (broad SMARTS) is 1. The van der Waals surface area contributed by atoms with Gasteiger partial charge in [0.1, 0.15) is 6.04 Å². The van der Waals surface area contributed by atoms with Crippen molar-refractivity contribution in [2.45, 2.75) is 19.9 Å². The van der Waals surface area contributed by atoms with E-state index in [0.29, 0.717) is 12.2 Å². The second-order valence-electron chi connectivity index (χ2n) is 3.76. The Hall–Kier alpha value is -2.38. The van der Waals surface area contributed by atoms with Crippen LogP contribution < -0.4 is 16.4 Å². The number of rotatable bonds is 5. The van der Waals surface area contributed by atoms with Crippen molar-refractivity contribution in [2.24, 2.45) is 11.7 Å². The van der Waals surface area contributed by atoms with Crippen LogP contribution in [-0.4, -0.2) is 35.0 Å². The Kier molecular flexibility index (Phi) is 6.11. The zero-order valence-corrected chi connectivity index (χ0v) is 9.97. The van der Waals surface area contributed by atoms with E-state index in [1.807, 2.05) is 5.32 Å². The number of carboxylic acids is 1. The second-order valence-corrected chi connectivity index (χ2v) is 3.76. The molecule has 0 aromatic carbocycles. The molecule has 1 unspecified atom stereocenters. The lowest BCUT2D eigenvalue weighted by Crippen LogP contribution is -2.51. The van der Waals surface area contributed by atoms with Gasteiger partial charge in [-0.15, -0.1) is 0 Å². The Labute approximate surface area is 103 Å². The molecule has 0 radical (unpaired) electrons. The highest BCUT2D eigenvalue weighted by molar-refractivity contribution is 6.03. The Bertz CT molecular complexity index is 389. The van der Waals surface area contributed by atoms with E-state index in [9.17, 15) is 19.2 Å². The fraction of sp³-hybridized carbons (Fsp3) is 0.400. The number of aliphatic carboxylic acids is 1. The van der Waals surface area contributed by atoms with Crippen LogP contribution in [0.1, 0.15) is 13.8 Å². The van der Waals surface area contributed by atoms with Gasteiger partial charge < -0.3 is 16.2 Å². The van der Waals surface area contributed by atoms with E-state index in [1.54, 1.807) is 13.8 Å². The smallest absolute Gasteiger partial charge is 0.328 e. The molecule has 18 heavy (non-hydrogen) atoms. The minimum atomic E-state index is -1.32. The molecule has 4 amide bonds. The maximum Gasteiger partial charge on any atom is 0.328 e. The van der Waals surface area contributed by atoms with Crippen LogP contribution in [0.5, 0.6) is 0 Å². The number of imide groups is 1. The van der Waals surface area contributed by atoms with Crippen LogP contribution in [0.15, 0.2) is 12.2 Å². The van der Waals surface area contributed by atoms with Crippen LogP contribution in [0.2, 0.25) is 0 Å². The van der Waals surface area contributed by atoms with Gasteiger partial charge in [0.15, 0.2) is 0 Å². The van der Waals surface area contributed by atoms with Crippen LogP contribution >= 0.6 is 0 Å². The highest BCUT2D eigenvalue weighted by Crippen LogP contribution is 2.00. The van der Waals surface area contributed by atoms with Gasteiger partial charge in [-0.25, -0.2) is 9.59 Å². The first kappa shape index (κ1) is 15.6. The van der Waals surface area contributed by atoms with Gasteiger partial charge in [0.05, 0.1) is 0 Å². The van der Waals surface area contributed by atoms with Crippen molar-refractivity contribution in [3.8, 4) is 0 Å². The van der Waals surface area contributed by atoms with E-state index in [0.717, 1.165) is 0 Å². The van der Waals surface area contributed by atoms with E-state index < -0.39 is 29.9 Å². The number of amides is 4.